The average Bonchev–Trinajstić information content (AvgIpc) is 3.31. The number of aromatic nitrogens is 1. The third-order valence-corrected chi connectivity index (χ3v) is 5.59. The summed E-state index contributed by atoms with van der Waals surface area (Å²) in [4.78, 5) is 39.9. The number of aliphatic carboxylic acids is 1. The number of alkyl carbamates (subject to hydrolysis) is 1. The molecule has 0 spiro atoms. The molecule has 1 unspecified atom stereocenters. The number of ether oxygens (including phenoxy) is 3. The number of hydrogen-bond acceptors (Lipinski definition) is 6. The lowest BCUT2D eigenvalue weighted by Crippen LogP contribution is -2.49. The molecular weight excluding hydrogens is 464 g/mol. The van der Waals surface area contributed by atoms with Crippen LogP contribution in [0.5, 0.6) is 5.75 Å². The number of amides is 1. The van der Waals surface area contributed by atoms with Gasteiger partial charge in [-0.25, -0.2) is 14.4 Å². The summed E-state index contributed by atoms with van der Waals surface area (Å²) >= 11 is 0. The number of carbonyl (C=O) groups excluding carboxylic acids is 2. The second-order valence-corrected chi connectivity index (χ2v) is 8.15. The van der Waals surface area contributed by atoms with Crippen LogP contribution in [0.1, 0.15) is 23.6 Å². The topological polar surface area (TPSA) is 127 Å². The Bertz CT molecular complexity index is 1370. The molecule has 3 N–H and O–H groups in total. The zero-order valence-electron chi connectivity index (χ0n) is 19.4. The molecule has 0 aliphatic heterocycles. The maximum absolute atomic E-state index is 12.5. The van der Waals surface area contributed by atoms with Gasteiger partial charge >= 0.3 is 18.2 Å². The van der Waals surface area contributed by atoms with E-state index in [1.165, 1.54) is 19.2 Å². The lowest BCUT2D eigenvalue weighted by atomic mass is 9.92. The van der Waals surface area contributed by atoms with Gasteiger partial charge in [-0.05, 0) is 36.2 Å². The van der Waals surface area contributed by atoms with Gasteiger partial charge in [-0.2, -0.15) is 0 Å². The highest BCUT2D eigenvalue weighted by Gasteiger charge is 2.39. The van der Waals surface area contributed by atoms with E-state index in [1.807, 2.05) is 36.4 Å². The van der Waals surface area contributed by atoms with Crippen LogP contribution < -0.4 is 10.1 Å². The number of aromatic amines is 1. The van der Waals surface area contributed by atoms with Gasteiger partial charge < -0.3 is 29.6 Å². The highest BCUT2D eigenvalue weighted by atomic mass is 16.7. The van der Waals surface area contributed by atoms with Crippen LogP contribution in [0.15, 0.2) is 85.1 Å². The number of fused-ring (bicyclic) bond motifs is 1. The van der Waals surface area contributed by atoms with E-state index in [2.05, 4.69) is 10.3 Å². The van der Waals surface area contributed by atoms with Crippen molar-refractivity contribution in [3.63, 3.8) is 0 Å². The van der Waals surface area contributed by atoms with E-state index >= 15 is 0 Å². The van der Waals surface area contributed by atoms with E-state index in [4.69, 9.17) is 14.2 Å². The Labute approximate surface area is 206 Å². The summed E-state index contributed by atoms with van der Waals surface area (Å²) < 4.78 is 15.6. The second kappa shape index (κ2) is 10.6. The Hall–Kier alpha value is -4.79. The van der Waals surface area contributed by atoms with Crippen LogP contribution in [-0.2, 0) is 33.0 Å². The van der Waals surface area contributed by atoms with Gasteiger partial charge in [0.2, 0.25) is 0 Å². The van der Waals surface area contributed by atoms with E-state index in [1.54, 1.807) is 36.4 Å². The summed E-state index contributed by atoms with van der Waals surface area (Å²) in [5.74, 6) is -1.14. The minimum Gasteiger partial charge on any atom is -0.479 e. The van der Waals surface area contributed by atoms with Crippen LogP contribution >= 0.6 is 0 Å². The molecule has 9 heteroatoms. The third kappa shape index (κ3) is 5.64. The molecule has 1 amide bonds. The van der Waals surface area contributed by atoms with Crippen LogP contribution in [0.4, 0.5) is 9.59 Å². The minimum atomic E-state index is -1.83. The van der Waals surface area contributed by atoms with Crippen molar-refractivity contribution in [1.29, 1.82) is 0 Å². The first kappa shape index (κ1) is 24.3. The van der Waals surface area contributed by atoms with Gasteiger partial charge in [-0.15, -0.1) is 0 Å². The lowest BCUT2D eigenvalue weighted by molar-refractivity contribution is -0.144. The van der Waals surface area contributed by atoms with Gasteiger partial charge in [0.1, 0.15) is 19.0 Å². The summed E-state index contributed by atoms with van der Waals surface area (Å²) in [6, 6.07) is 22.9. The number of carboxylic acid groups (broad SMARTS) is 1. The van der Waals surface area contributed by atoms with Crippen molar-refractivity contribution in [2.24, 2.45) is 0 Å². The zero-order chi connectivity index (χ0) is 25.5. The summed E-state index contributed by atoms with van der Waals surface area (Å²) in [5.41, 5.74) is 0.572. The molecule has 0 aliphatic rings. The standard InChI is InChI=1S/C27H24N2O7/c1-27(24(30)31,29-25(32)34-16-18-8-4-2-5-9-18)22-15-28-23-13-12-20(14-21(22)23)36-26(33)35-17-19-10-6-3-7-11-19/h2-15,28H,16-17H2,1H3,(H,29,32)(H,30,31). The second-order valence-electron chi connectivity index (χ2n) is 8.15. The van der Waals surface area contributed by atoms with E-state index < -0.39 is 23.8 Å². The van der Waals surface area contributed by atoms with Gasteiger partial charge in [0, 0.05) is 22.7 Å². The number of nitrogens with one attached hydrogen (secondary N) is 2. The van der Waals surface area contributed by atoms with Crippen LogP contribution in [0.25, 0.3) is 10.9 Å². The summed E-state index contributed by atoms with van der Waals surface area (Å²) in [6.07, 6.45) is -0.317. The molecule has 9 nitrogen and oxygen atoms in total. The van der Waals surface area contributed by atoms with Crippen LogP contribution in [0.2, 0.25) is 0 Å². The van der Waals surface area contributed by atoms with Crippen LogP contribution in [0.3, 0.4) is 0 Å². The summed E-state index contributed by atoms with van der Waals surface area (Å²) in [6.45, 7) is 1.38. The molecule has 184 valence electrons. The quantitative estimate of drug-likeness (QED) is 0.232. The highest BCUT2D eigenvalue weighted by Crippen LogP contribution is 2.32. The molecule has 0 saturated carbocycles. The molecule has 0 fully saturated rings. The van der Waals surface area contributed by atoms with Gasteiger partial charge in [-0.3, -0.25) is 0 Å². The van der Waals surface area contributed by atoms with E-state index in [9.17, 15) is 19.5 Å². The van der Waals surface area contributed by atoms with Crippen molar-refractivity contribution in [3.8, 4) is 5.75 Å². The fourth-order valence-electron chi connectivity index (χ4n) is 3.62. The lowest BCUT2D eigenvalue weighted by Gasteiger charge is -2.25. The third-order valence-electron chi connectivity index (χ3n) is 5.59. The van der Waals surface area contributed by atoms with Crippen molar-refractivity contribution >= 4 is 29.1 Å². The zero-order valence-corrected chi connectivity index (χ0v) is 19.4. The average molecular weight is 488 g/mol. The van der Waals surface area contributed by atoms with Crippen molar-refractivity contribution in [3.05, 3.63) is 102 Å². The van der Waals surface area contributed by atoms with Crippen LogP contribution in [-0.4, -0.2) is 28.3 Å². The van der Waals surface area contributed by atoms with Gasteiger partial charge in [0.15, 0.2) is 5.54 Å². The van der Waals surface area contributed by atoms with Crippen molar-refractivity contribution in [2.75, 3.05) is 0 Å². The predicted molar refractivity (Wildman–Crippen MR) is 130 cm³/mol. The van der Waals surface area contributed by atoms with Gasteiger partial charge in [-0.1, -0.05) is 60.7 Å². The molecule has 3 aromatic carbocycles. The molecule has 36 heavy (non-hydrogen) atoms. The van der Waals surface area contributed by atoms with Crippen molar-refractivity contribution in [2.45, 2.75) is 25.7 Å². The molecule has 0 aliphatic carbocycles. The predicted octanol–water partition coefficient (Wildman–Crippen LogP) is 5.11. The maximum Gasteiger partial charge on any atom is 0.514 e. The monoisotopic (exact) mass is 488 g/mol. The number of rotatable bonds is 8. The Morgan fingerprint density at radius 1 is 0.889 bits per heavy atom. The highest BCUT2D eigenvalue weighted by molar-refractivity contribution is 5.94. The molecule has 0 radical (unpaired) electrons. The van der Waals surface area contributed by atoms with E-state index in [0.717, 1.165) is 11.1 Å². The largest absolute Gasteiger partial charge is 0.514 e. The number of carbonyl (C=O) groups is 3. The Morgan fingerprint density at radius 3 is 2.11 bits per heavy atom. The van der Waals surface area contributed by atoms with Crippen molar-refractivity contribution < 1.29 is 33.7 Å². The maximum atomic E-state index is 12.5. The van der Waals surface area contributed by atoms with Gasteiger partial charge in [0.05, 0.1) is 0 Å². The molecule has 0 saturated heterocycles. The molecule has 4 aromatic rings. The molecular formula is C27H24N2O7. The molecule has 1 heterocycles. The van der Waals surface area contributed by atoms with Crippen molar-refractivity contribution in [1.82, 2.24) is 10.3 Å². The smallest absolute Gasteiger partial charge is 0.479 e. The number of carboxylic acids is 1. The van der Waals surface area contributed by atoms with Crippen LogP contribution in [0, 0.1) is 0 Å². The molecule has 1 atom stereocenters. The Balaban J connectivity index is 1.49. The molecule has 0 bridgehead atoms. The number of hydrogen-bond donors (Lipinski definition) is 3. The first-order valence-corrected chi connectivity index (χ1v) is 11.1. The van der Waals surface area contributed by atoms with E-state index in [-0.39, 0.29) is 24.5 Å². The van der Waals surface area contributed by atoms with Gasteiger partial charge in [0.25, 0.3) is 0 Å². The fourth-order valence-corrected chi connectivity index (χ4v) is 3.62. The minimum absolute atomic E-state index is 0.0145. The van der Waals surface area contributed by atoms with E-state index in [0.29, 0.717) is 10.9 Å². The Kier molecular flexibility index (Phi) is 7.20. The Morgan fingerprint density at radius 2 is 1.50 bits per heavy atom. The first-order chi connectivity index (χ1) is 17.3. The first-order valence-electron chi connectivity index (χ1n) is 11.1. The molecule has 1 aromatic heterocycles. The summed E-state index contributed by atoms with van der Waals surface area (Å²) in [7, 11) is 0. The SMILES string of the molecule is CC(NC(=O)OCc1ccccc1)(C(=O)O)c1c[nH]c2ccc(OC(=O)OCc3ccccc3)cc12. The summed E-state index contributed by atoms with van der Waals surface area (Å²) in [5, 5.41) is 12.9. The molecule has 4 rings (SSSR count). The normalized spacial score (nSPS) is 12.4. The fraction of sp³-hybridized carbons (Fsp3) is 0.148. The number of benzene rings is 3. The number of H-pyrrole nitrogens is 1.